The maximum Gasteiger partial charge on any atom is 0.329 e. The lowest BCUT2D eigenvalue weighted by Gasteiger charge is -2.37. The number of halogens is 3. The molecule has 3 aromatic rings. The predicted octanol–water partition coefficient (Wildman–Crippen LogP) is 3.95. The second-order valence-electron chi connectivity index (χ2n) is 6.31. The Morgan fingerprint density at radius 3 is 2.68 bits per heavy atom. The fraction of sp³-hybridized carbons (Fsp3) is 0.211. The first-order valence-corrected chi connectivity index (χ1v) is 8.43. The van der Waals surface area contributed by atoms with Crippen LogP contribution >= 0.6 is 0 Å². The normalized spacial score (nSPS) is 16.2. The first-order chi connectivity index (χ1) is 13.4. The molecule has 1 unspecified atom stereocenters. The summed E-state index contributed by atoms with van der Waals surface area (Å²) in [5.41, 5.74) is 1.13. The molecule has 3 heterocycles. The van der Waals surface area contributed by atoms with Gasteiger partial charge in [0.2, 0.25) is 0 Å². The van der Waals surface area contributed by atoms with Gasteiger partial charge in [0.25, 0.3) is 0 Å². The fourth-order valence-corrected chi connectivity index (χ4v) is 3.13. The van der Waals surface area contributed by atoms with Crippen molar-refractivity contribution in [2.75, 3.05) is 12.0 Å². The molecule has 0 spiro atoms. The Morgan fingerprint density at radius 1 is 1.21 bits per heavy atom. The lowest BCUT2D eigenvalue weighted by molar-refractivity contribution is -0.0329. The minimum absolute atomic E-state index is 0.256. The van der Waals surface area contributed by atoms with E-state index in [1.165, 1.54) is 18.2 Å². The zero-order valence-electron chi connectivity index (χ0n) is 15.0. The van der Waals surface area contributed by atoms with Gasteiger partial charge in [-0.1, -0.05) is 12.1 Å². The standard InChI is InChI=1S/C19H16F3N5O/c1-11-8-16(26-25-11)27-17-12(4-3-5-14(17)28-2)9-24-18(27)19(21,22)15-7-6-13(20)10-23-15/h3-10,18H,1-2H3,(H,25,26). The highest BCUT2D eigenvalue weighted by Gasteiger charge is 2.49. The van der Waals surface area contributed by atoms with Gasteiger partial charge in [0, 0.05) is 23.5 Å². The van der Waals surface area contributed by atoms with E-state index in [2.05, 4.69) is 20.2 Å². The van der Waals surface area contributed by atoms with Gasteiger partial charge in [0.15, 0.2) is 12.0 Å². The van der Waals surface area contributed by atoms with Gasteiger partial charge >= 0.3 is 5.92 Å². The SMILES string of the molecule is COc1cccc2c1N(c1cc(C)[nH]n1)C(C(F)(F)c1ccc(F)cn1)N=C2. The third kappa shape index (κ3) is 2.88. The number of hydrogen-bond donors (Lipinski definition) is 1. The summed E-state index contributed by atoms with van der Waals surface area (Å²) in [4.78, 5) is 8.97. The Morgan fingerprint density at radius 2 is 2.04 bits per heavy atom. The number of anilines is 2. The van der Waals surface area contributed by atoms with Crippen LogP contribution in [0, 0.1) is 12.7 Å². The summed E-state index contributed by atoms with van der Waals surface area (Å²) in [6, 6.07) is 8.71. The summed E-state index contributed by atoms with van der Waals surface area (Å²) in [5.74, 6) is -3.57. The first-order valence-electron chi connectivity index (χ1n) is 8.43. The molecule has 144 valence electrons. The second kappa shape index (κ2) is 6.66. The summed E-state index contributed by atoms with van der Waals surface area (Å²) in [6.07, 6.45) is 0.445. The molecule has 0 aliphatic carbocycles. The highest BCUT2D eigenvalue weighted by molar-refractivity contribution is 5.94. The Kier molecular flexibility index (Phi) is 4.29. The molecular weight excluding hydrogens is 371 g/mol. The molecule has 9 heteroatoms. The van der Waals surface area contributed by atoms with Gasteiger partial charge in [-0.2, -0.15) is 13.9 Å². The minimum atomic E-state index is -3.53. The zero-order chi connectivity index (χ0) is 19.9. The van der Waals surface area contributed by atoms with Crippen LogP contribution in [0.25, 0.3) is 0 Å². The molecule has 0 amide bonds. The number of aromatic amines is 1. The molecule has 6 nitrogen and oxygen atoms in total. The molecule has 0 radical (unpaired) electrons. The Balaban J connectivity index is 1.90. The number of ether oxygens (including phenoxy) is 1. The van der Waals surface area contributed by atoms with Crippen LogP contribution in [0.2, 0.25) is 0 Å². The summed E-state index contributed by atoms with van der Waals surface area (Å²) in [5, 5.41) is 6.90. The van der Waals surface area contributed by atoms with Crippen LogP contribution in [-0.2, 0) is 5.92 Å². The number of aliphatic imine (C=N–C) groups is 1. The van der Waals surface area contributed by atoms with Crippen molar-refractivity contribution in [3.05, 3.63) is 65.4 Å². The molecule has 28 heavy (non-hydrogen) atoms. The molecule has 0 bridgehead atoms. The van der Waals surface area contributed by atoms with Gasteiger partial charge < -0.3 is 4.74 Å². The predicted molar refractivity (Wildman–Crippen MR) is 97.9 cm³/mol. The van der Waals surface area contributed by atoms with Gasteiger partial charge in [-0.15, -0.1) is 0 Å². The van der Waals surface area contributed by atoms with Crippen molar-refractivity contribution >= 4 is 17.7 Å². The van der Waals surface area contributed by atoms with E-state index >= 15 is 8.78 Å². The molecule has 1 aliphatic rings. The Bertz CT molecular complexity index is 1030. The van der Waals surface area contributed by atoms with E-state index < -0.39 is 23.6 Å². The lowest BCUT2D eigenvalue weighted by atomic mass is 10.0. The van der Waals surface area contributed by atoms with Crippen LogP contribution in [0.5, 0.6) is 5.75 Å². The van der Waals surface area contributed by atoms with Crippen molar-refractivity contribution in [3.63, 3.8) is 0 Å². The van der Waals surface area contributed by atoms with Crippen molar-refractivity contribution in [2.45, 2.75) is 19.0 Å². The molecule has 1 N–H and O–H groups in total. The molecule has 2 aromatic heterocycles. The highest BCUT2D eigenvalue weighted by Crippen LogP contribution is 2.46. The van der Waals surface area contributed by atoms with Gasteiger partial charge in [-0.25, -0.2) is 4.39 Å². The average molecular weight is 387 g/mol. The Hall–Kier alpha value is -3.36. The number of nitrogens with zero attached hydrogens (tertiary/aromatic N) is 4. The van der Waals surface area contributed by atoms with Crippen molar-refractivity contribution in [3.8, 4) is 5.75 Å². The van der Waals surface area contributed by atoms with Crippen LogP contribution < -0.4 is 9.64 Å². The number of hydrogen-bond acceptors (Lipinski definition) is 5. The molecule has 0 fully saturated rings. The zero-order valence-corrected chi connectivity index (χ0v) is 15.0. The number of pyridine rings is 1. The van der Waals surface area contributed by atoms with E-state index in [1.54, 1.807) is 31.2 Å². The van der Waals surface area contributed by atoms with Crippen LogP contribution in [-0.4, -0.2) is 34.7 Å². The molecule has 1 atom stereocenters. The maximum absolute atomic E-state index is 15.4. The van der Waals surface area contributed by atoms with Crippen molar-refractivity contribution in [1.82, 2.24) is 15.2 Å². The number of nitrogens with one attached hydrogen (secondary N) is 1. The monoisotopic (exact) mass is 387 g/mol. The summed E-state index contributed by atoms with van der Waals surface area (Å²) < 4.78 is 49.4. The van der Waals surface area contributed by atoms with Gasteiger partial charge in [-0.05, 0) is 25.1 Å². The molecule has 1 aromatic carbocycles. The van der Waals surface area contributed by atoms with Crippen LogP contribution in [0.4, 0.5) is 24.7 Å². The number of para-hydroxylation sites is 1. The molecule has 4 rings (SSSR count). The van der Waals surface area contributed by atoms with E-state index in [0.29, 0.717) is 22.7 Å². The van der Waals surface area contributed by atoms with Crippen LogP contribution in [0.1, 0.15) is 17.0 Å². The molecular formula is C19H16F3N5O. The van der Waals surface area contributed by atoms with Crippen molar-refractivity contribution in [2.24, 2.45) is 4.99 Å². The Labute approximate surface area is 158 Å². The van der Waals surface area contributed by atoms with E-state index in [9.17, 15) is 4.39 Å². The van der Waals surface area contributed by atoms with Crippen molar-refractivity contribution < 1.29 is 17.9 Å². The number of benzene rings is 1. The van der Waals surface area contributed by atoms with E-state index in [4.69, 9.17) is 4.74 Å². The summed E-state index contributed by atoms with van der Waals surface area (Å²) in [6.45, 7) is 1.77. The number of fused-ring (bicyclic) bond motifs is 1. The number of aryl methyl sites for hydroxylation is 1. The third-order valence-corrected chi connectivity index (χ3v) is 4.42. The maximum atomic E-state index is 15.4. The first kappa shape index (κ1) is 18.0. The van der Waals surface area contributed by atoms with Gasteiger partial charge in [0.05, 0.1) is 19.0 Å². The number of aromatic nitrogens is 3. The smallest absolute Gasteiger partial charge is 0.329 e. The minimum Gasteiger partial charge on any atom is -0.495 e. The summed E-state index contributed by atoms with van der Waals surface area (Å²) >= 11 is 0. The second-order valence-corrected chi connectivity index (χ2v) is 6.31. The largest absolute Gasteiger partial charge is 0.495 e. The number of rotatable bonds is 4. The number of alkyl halides is 2. The molecule has 1 aliphatic heterocycles. The van der Waals surface area contributed by atoms with E-state index in [-0.39, 0.29) is 5.82 Å². The number of methoxy groups -OCH3 is 1. The summed E-state index contributed by atoms with van der Waals surface area (Å²) in [7, 11) is 1.46. The van der Waals surface area contributed by atoms with Gasteiger partial charge in [-0.3, -0.25) is 20.0 Å². The molecule has 0 saturated carbocycles. The van der Waals surface area contributed by atoms with E-state index in [0.717, 1.165) is 18.3 Å². The fourth-order valence-electron chi connectivity index (χ4n) is 3.13. The van der Waals surface area contributed by atoms with Gasteiger partial charge in [0.1, 0.15) is 17.3 Å². The van der Waals surface area contributed by atoms with E-state index in [1.807, 2.05) is 0 Å². The van der Waals surface area contributed by atoms with Crippen LogP contribution in [0.15, 0.2) is 47.6 Å². The molecule has 0 saturated heterocycles. The van der Waals surface area contributed by atoms with Crippen molar-refractivity contribution in [1.29, 1.82) is 0 Å². The topological polar surface area (TPSA) is 66.4 Å². The quantitative estimate of drug-likeness (QED) is 0.736. The van der Waals surface area contributed by atoms with Crippen LogP contribution in [0.3, 0.4) is 0 Å². The highest BCUT2D eigenvalue weighted by atomic mass is 19.3. The number of H-pyrrole nitrogens is 1. The lowest BCUT2D eigenvalue weighted by Crippen LogP contribution is -2.45. The third-order valence-electron chi connectivity index (χ3n) is 4.42. The average Bonchev–Trinajstić information content (AvgIpc) is 3.12.